The van der Waals surface area contributed by atoms with Crippen LogP contribution in [-0.2, 0) is 17.9 Å². The maximum atomic E-state index is 12.8. The van der Waals surface area contributed by atoms with Gasteiger partial charge in [0.15, 0.2) is 11.5 Å². The quantitative estimate of drug-likeness (QED) is 0.626. The zero-order chi connectivity index (χ0) is 22.6. The Hall–Kier alpha value is -3.81. The lowest BCUT2D eigenvalue weighted by molar-refractivity contribution is -0.125. The first-order chi connectivity index (χ1) is 16.2. The van der Waals surface area contributed by atoms with Gasteiger partial charge in [-0.3, -0.25) is 9.59 Å². The molecule has 0 bridgehead atoms. The first-order valence-electron chi connectivity index (χ1n) is 11.2. The van der Waals surface area contributed by atoms with Crippen LogP contribution >= 0.6 is 0 Å². The lowest BCUT2D eigenvalue weighted by atomic mass is 9.96. The molecule has 170 valence electrons. The number of rotatable bonds is 6. The van der Waals surface area contributed by atoms with Gasteiger partial charge in [-0.1, -0.05) is 36.4 Å². The molecule has 0 spiro atoms. The minimum absolute atomic E-state index is 0.0164. The molecule has 1 amide bonds. The number of aromatic nitrogens is 2. The van der Waals surface area contributed by atoms with Gasteiger partial charge in [0.25, 0.3) is 5.56 Å². The van der Waals surface area contributed by atoms with E-state index in [1.807, 2.05) is 48.5 Å². The van der Waals surface area contributed by atoms with Crippen molar-refractivity contribution in [1.29, 1.82) is 0 Å². The number of anilines is 1. The number of hydrogen-bond acceptors (Lipinski definition) is 6. The van der Waals surface area contributed by atoms with E-state index >= 15 is 0 Å². The van der Waals surface area contributed by atoms with Crippen molar-refractivity contribution in [1.82, 2.24) is 15.1 Å². The standard InChI is InChI=1S/C25H26N4O4/c30-24-12-21(14-27-29(24)15-18-5-2-1-3-6-18)28-10-4-7-20(16-28)25(31)26-13-19-8-9-22-23(11-19)33-17-32-22/h1-3,5-6,8-9,11-12,14,20H,4,7,10,13,15-17H2,(H,26,31)/t20-/m1/s1. The van der Waals surface area contributed by atoms with Crippen molar-refractivity contribution in [2.75, 3.05) is 24.8 Å². The van der Waals surface area contributed by atoms with Crippen molar-refractivity contribution in [3.63, 3.8) is 0 Å². The molecular weight excluding hydrogens is 420 g/mol. The average molecular weight is 447 g/mol. The van der Waals surface area contributed by atoms with E-state index in [-0.39, 0.29) is 24.2 Å². The minimum atomic E-state index is -0.147. The molecule has 2 aromatic carbocycles. The van der Waals surface area contributed by atoms with E-state index in [1.54, 1.807) is 12.3 Å². The molecule has 2 aliphatic heterocycles. The maximum Gasteiger partial charge on any atom is 0.269 e. The Labute approximate surface area is 191 Å². The summed E-state index contributed by atoms with van der Waals surface area (Å²) in [7, 11) is 0. The molecule has 8 nitrogen and oxygen atoms in total. The summed E-state index contributed by atoms with van der Waals surface area (Å²) in [5.74, 6) is 1.31. The molecule has 1 aromatic heterocycles. The summed E-state index contributed by atoms with van der Waals surface area (Å²) in [4.78, 5) is 27.5. The van der Waals surface area contributed by atoms with Crippen LogP contribution in [0.2, 0.25) is 0 Å². The maximum absolute atomic E-state index is 12.8. The highest BCUT2D eigenvalue weighted by molar-refractivity contribution is 5.79. The van der Waals surface area contributed by atoms with Gasteiger partial charge < -0.3 is 19.7 Å². The van der Waals surface area contributed by atoms with Crippen molar-refractivity contribution < 1.29 is 14.3 Å². The summed E-state index contributed by atoms with van der Waals surface area (Å²) in [5, 5.41) is 7.40. The van der Waals surface area contributed by atoms with E-state index in [2.05, 4.69) is 15.3 Å². The number of amides is 1. The van der Waals surface area contributed by atoms with Gasteiger partial charge >= 0.3 is 0 Å². The Morgan fingerprint density at radius 1 is 1.06 bits per heavy atom. The van der Waals surface area contributed by atoms with Gasteiger partial charge in [0.05, 0.1) is 24.3 Å². The lowest BCUT2D eigenvalue weighted by Gasteiger charge is -2.33. The molecule has 1 fully saturated rings. The normalized spacial score (nSPS) is 17.1. The van der Waals surface area contributed by atoms with E-state index in [9.17, 15) is 9.59 Å². The van der Waals surface area contributed by atoms with Gasteiger partial charge in [-0.25, -0.2) is 4.68 Å². The van der Waals surface area contributed by atoms with Gasteiger partial charge in [-0.2, -0.15) is 5.10 Å². The highest BCUT2D eigenvalue weighted by Crippen LogP contribution is 2.32. The molecule has 3 heterocycles. The van der Waals surface area contributed by atoms with Gasteiger partial charge in [-0.05, 0) is 36.1 Å². The second-order valence-corrected chi connectivity index (χ2v) is 8.39. The Morgan fingerprint density at radius 2 is 1.91 bits per heavy atom. The molecular formula is C25H26N4O4. The van der Waals surface area contributed by atoms with E-state index in [4.69, 9.17) is 9.47 Å². The smallest absolute Gasteiger partial charge is 0.269 e. The fraction of sp³-hybridized carbons (Fsp3) is 0.320. The van der Waals surface area contributed by atoms with Crippen LogP contribution in [0.4, 0.5) is 5.69 Å². The third-order valence-corrected chi connectivity index (χ3v) is 6.09. The lowest BCUT2D eigenvalue weighted by Crippen LogP contribution is -2.43. The molecule has 0 aliphatic carbocycles. The SMILES string of the molecule is O=C(NCc1ccc2c(c1)OCO2)[C@@H]1CCCN(c2cnn(Cc3ccccc3)c(=O)c2)C1. The van der Waals surface area contributed by atoms with Crippen LogP contribution < -0.4 is 25.2 Å². The number of ether oxygens (including phenoxy) is 2. The van der Waals surface area contributed by atoms with Crippen molar-refractivity contribution in [2.24, 2.45) is 5.92 Å². The summed E-state index contributed by atoms with van der Waals surface area (Å²) < 4.78 is 12.2. The average Bonchev–Trinajstić information content (AvgIpc) is 3.32. The number of fused-ring (bicyclic) bond motifs is 1. The van der Waals surface area contributed by atoms with Crippen LogP contribution in [0.5, 0.6) is 11.5 Å². The van der Waals surface area contributed by atoms with E-state index in [1.165, 1.54) is 4.68 Å². The molecule has 33 heavy (non-hydrogen) atoms. The second kappa shape index (κ2) is 9.36. The summed E-state index contributed by atoms with van der Waals surface area (Å²) in [6, 6.07) is 17.1. The molecule has 5 rings (SSSR count). The largest absolute Gasteiger partial charge is 0.454 e. The predicted octanol–water partition coefficient (Wildman–Crippen LogP) is 2.55. The van der Waals surface area contributed by atoms with Crippen LogP contribution in [0.25, 0.3) is 0 Å². The fourth-order valence-corrected chi connectivity index (χ4v) is 4.28. The topological polar surface area (TPSA) is 85.7 Å². The predicted molar refractivity (Wildman–Crippen MR) is 123 cm³/mol. The number of carbonyl (C=O) groups excluding carboxylic acids is 1. The Balaban J connectivity index is 1.20. The van der Waals surface area contributed by atoms with Gasteiger partial charge in [0.2, 0.25) is 12.7 Å². The molecule has 1 N–H and O–H groups in total. The van der Waals surface area contributed by atoms with E-state index < -0.39 is 0 Å². The Kier molecular flexibility index (Phi) is 5.97. The third-order valence-electron chi connectivity index (χ3n) is 6.09. The minimum Gasteiger partial charge on any atom is -0.454 e. The summed E-state index contributed by atoms with van der Waals surface area (Å²) in [6.45, 7) is 2.47. The zero-order valence-electron chi connectivity index (χ0n) is 18.3. The second-order valence-electron chi connectivity index (χ2n) is 8.39. The first-order valence-corrected chi connectivity index (χ1v) is 11.2. The van der Waals surface area contributed by atoms with Crippen molar-refractivity contribution in [3.8, 4) is 11.5 Å². The number of piperidine rings is 1. The number of nitrogens with one attached hydrogen (secondary N) is 1. The number of benzene rings is 2. The molecule has 0 unspecified atom stereocenters. The molecule has 2 aliphatic rings. The van der Waals surface area contributed by atoms with Crippen LogP contribution in [0, 0.1) is 5.92 Å². The summed E-state index contributed by atoms with van der Waals surface area (Å²) in [6.07, 6.45) is 3.43. The van der Waals surface area contributed by atoms with Gasteiger partial charge in [-0.15, -0.1) is 0 Å². The highest BCUT2D eigenvalue weighted by atomic mass is 16.7. The van der Waals surface area contributed by atoms with E-state index in [0.717, 1.165) is 42.0 Å². The highest BCUT2D eigenvalue weighted by Gasteiger charge is 2.26. The summed E-state index contributed by atoms with van der Waals surface area (Å²) >= 11 is 0. The van der Waals surface area contributed by atoms with Crippen molar-refractivity contribution in [3.05, 3.63) is 82.3 Å². The van der Waals surface area contributed by atoms with Crippen molar-refractivity contribution >= 4 is 11.6 Å². The fourth-order valence-electron chi connectivity index (χ4n) is 4.28. The molecule has 8 heteroatoms. The number of carbonyl (C=O) groups is 1. The van der Waals surface area contributed by atoms with E-state index in [0.29, 0.717) is 25.4 Å². The van der Waals surface area contributed by atoms with Crippen LogP contribution in [-0.4, -0.2) is 35.6 Å². The molecule has 1 atom stereocenters. The van der Waals surface area contributed by atoms with Crippen LogP contribution in [0.15, 0.2) is 65.6 Å². The molecule has 0 radical (unpaired) electrons. The monoisotopic (exact) mass is 446 g/mol. The Morgan fingerprint density at radius 3 is 2.76 bits per heavy atom. The van der Waals surface area contributed by atoms with Gasteiger partial charge in [0.1, 0.15) is 0 Å². The number of nitrogens with zero attached hydrogens (tertiary/aromatic N) is 3. The Bertz CT molecular complexity index is 1190. The summed E-state index contributed by atoms with van der Waals surface area (Å²) in [5.41, 5.74) is 2.60. The van der Waals surface area contributed by atoms with Crippen LogP contribution in [0.3, 0.4) is 0 Å². The zero-order valence-corrected chi connectivity index (χ0v) is 18.3. The molecule has 3 aromatic rings. The van der Waals surface area contributed by atoms with Crippen molar-refractivity contribution in [2.45, 2.75) is 25.9 Å². The van der Waals surface area contributed by atoms with Crippen LogP contribution in [0.1, 0.15) is 24.0 Å². The first kappa shape index (κ1) is 21.1. The molecule has 0 saturated carbocycles. The third kappa shape index (κ3) is 4.84. The number of hydrogen-bond donors (Lipinski definition) is 1. The van der Waals surface area contributed by atoms with Gasteiger partial charge in [0, 0.05) is 25.7 Å². The molecule has 1 saturated heterocycles.